The molecule has 0 saturated heterocycles. The second kappa shape index (κ2) is 6.69. The molecule has 0 aliphatic rings. The van der Waals surface area contributed by atoms with Crippen LogP contribution < -0.4 is 5.63 Å². The molecule has 3 aromatic rings. The van der Waals surface area contributed by atoms with Gasteiger partial charge in [0.2, 0.25) is 0 Å². The van der Waals surface area contributed by atoms with E-state index < -0.39 is 0 Å². The van der Waals surface area contributed by atoms with Crippen LogP contribution in [0.5, 0.6) is 0 Å². The lowest BCUT2D eigenvalue weighted by Crippen LogP contribution is -2.02. The van der Waals surface area contributed by atoms with E-state index in [1.165, 1.54) is 17.8 Å². The van der Waals surface area contributed by atoms with E-state index in [0.29, 0.717) is 33.4 Å². The summed E-state index contributed by atoms with van der Waals surface area (Å²) in [6.45, 7) is 7.62. The van der Waals surface area contributed by atoms with E-state index in [0.717, 1.165) is 22.1 Å². The maximum atomic E-state index is 11.9. The van der Waals surface area contributed by atoms with Gasteiger partial charge < -0.3 is 4.42 Å². The molecule has 5 nitrogen and oxygen atoms in total. The Hall–Kier alpha value is -2.65. The van der Waals surface area contributed by atoms with Gasteiger partial charge in [-0.1, -0.05) is 0 Å². The summed E-state index contributed by atoms with van der Waals surface area (Å²) in [5.41, 5.74) is 4.45. The van der Waals surface area contributed by atoms with Gasteiger partial charge in [0.25, 0.3) is 0 Å². The molecular weight excluding hydrogens is 334 g/mol. The van der Waals surface area contributed by atoms with E-state index in [9.17, 15) is 10.1 Å². The summed E-state index contributed by atoms with van der Waals surface area (Å²) in [6.07, 6.45) is 0. The Bertz CT molecular complexity index is 1080. The summed E-state index contributed by atoms with van der Waals surface area (Å²) in [4.78, 5) is 20.5. The van der Waals surface area contributed by atoms with Crippen molar-refractivity contribution < 1.29 is 4.42 Å². The van der Waals surface area contributed by atoms with Crippen molar-refractivity contribution in [2.24, 2.45) is 0 Å². The quantitative estimate of drug-likeness (QED) is 0.403. The number of aryl methyl sites for hydroxylation is 4. The van der Waals surface area contributed by atoms with Crippen molar-refractivity contribution in [1.82, 2.24) is 9.97 Å². The van der Waals surface area contributed by atoms with Crippen molar-refractivity contribution in [2.75, 3.05) is 0 Å². The number of thioether (sulfide) groups is 1. The molecule has 0 amide bonds. The molecule has 3 rings (SSSR count). The lowest BCUT2D eigenvalue weighted by atomic mass is 10.0. The summed E-state index contributed by atoms with van der Waals surface area (Å²) in [7, 11) is 0. The number of rotatable bonds is 3. The third kappa shape index (κ3) is 3.42. The van der Waals surface area contributed by atoms with Gasteiger partial charge >= 0.3 is 5.63 Å². The predicted molar refractivity (Wildman–Crippen MR) is 97.7 cm³/mol. The van der Waals surface area contributed by atoms with Crippen molar-refractivity contribution in [3.05, 3.63) is 62.4 Å². The Labute approximate surface area is 149 Å². The number of nitriles is 1. The standard InChI is InChI=1S/C19H17N3O2S/c1-10-5-15-14(7-18(23)24-17(15)6-11(10)2)9-25-19-16(8-20)12(3)21-13(4)22-19/h5-7H,9H2,1-4H3. The second-order valence-electron chi connectivity index (χ2n) is 5.96. The molecule has 126 valence electrons. The average Bonchev–Trinajstić information content (AvgIpc) is 2.54. The van der Waals surface area contributed by atoms with Gasteiger partial charge in [-0.15, -0.1) is 11.8 Å². The van der Waals surface area contributed by atoms with Gasteiger partial charge in [0, 0.05) is 17.2 Å². The highest BCUT2D eigenvalue weighted by Crippen LogP contribution is 2.29. The van der Waals surface area contributed by atoms with Gasteiger partial charge in [-0.2, -0.15) is 5.26 Å². The Morgan fingerprint density at radius 2 is 1.84 bits per heavy atom. The van der Waals surface area contributed by atoms with Crippen LogP contribution in [0.1, 0.15) is 33.8 Å². The highest BCUT2D eigenvalue weighted by molar-refractivity contribution is 7.98. The Morgan fingerprint density at radius 1 is 1.12 bits per heavy atom. The minimum atomic E-state index is -0.373. The number of fused-ring (bicyclic) bond motifs is 1. The molecule has 0 N–H and O–H groups in total. The van der Waals surface area contributed by atoms with E-state index in [4.69, 9.17) is 4.42 Å². The van der Waals surface area contributed by atoms with Crippen LogP contribution in [-0.4, -0.2) is 9.97 Å². The molecule has 2 heterocycles. The van der Waals surface area contributed by atoms with Gasteiger partial charge in [0.05, 0.1) is 5.69 Å². The minimum Gasteiger partial charge on any atom is -0.423 e. The van der Waals surface area contributed by atoms with Crippen LogP contribution in [0, 0.1) is 39.0 Å². The first-order valence-electron chi connectivity index (χ1n) is 7.81. The van der Waals surface area contributed by atoms with Crippen LogP contribution >= 0.6 is 11.8 Å². The number of nitrogens with zero attached hydrogens (tertiary/aromatic N) is 3. The minimum absolute atomic E-state index is 0.373. The van der Waals surface area contributed by atoms with E-state index >= 15 is 0 Å². The lowest BCUT2D eigenvalue weighted by Gasteiger charge is -2.09. The van der Waals surface area contributed by atoms with Crippen molar-refractivity contribution in [3.63, 3.8) is 0 Å². The molecule has 0 atom stereocenters. The number of aromatic nitrogens is 2. The molecule has 2 aromatic heterocycles. The normalized spacial score (nSPS) is 10.8. The molecule has 0 radical (unpaired) electrons. The smallest absolute Gasteiger partial charge is 0.336 e. The van der Waals surface area contributed by atoms with E-state index in [2.05, 4.69) is 16.0 Å². The Kier molecular flexibility index (Phi) is 4.60. The molecule has 0 saturated carbocycles. The molecule has 0 aliphatic carbocycles. The fraction of sp³-hybridized carbons (Fsp3) is 0.263. The average molecular weight is 351 g/mol. The third-order valence-corrected chi connectivity index (χ3v) is 5.11. The number of hydrogen-bond donors (Lipinski definition) is 0. The largest absolute Gasteiger partial charge is 0.423 e. The monoisotopic (exact) mass is 351 g/mol. The van der Waals surface area contributed by atoms with Gasteiger partial charge in [0.15, 0.2) is 0 Å². The molecule has 0 spiro atoms. The van der Waals surface area contributed by atoms with Crippen LogP contribution in [-0.2, 0) is 5.75 Å². The number of hydrogen-bond acceptors (Lipinski definition) is 6. The van der Waals surface area contributed by atoms with Crippen LogP contribution in [0.25, 0.3) is 11.0 Å². The van der Waals surface area contributed by atoms with E-state index in [1.807, 2.05) is 26.0 Å². The zero-order valence-corrected chi connectivity index (χ0v) is 15.3. The maximum Gasteiger partial charge on any atom is 0.336 e. The Morgan fingerprint density at radius 3 is 2.56 bits per heavy atom. The summed E-state index contributed by atoms with van der Waals surface area (Å²) >= 11 is 1.43. The van der Waals surface area contributed by atoms with Crippen molar-refractivity contribution in [2.45, 2.75) is 38.5 Å². The Balaban J connectivity index is 2.04. The molecule has 0 fully saturated rings. The van der Waals surface area contributed by atoms with Crippen LogP contribution in [0.15, 0.2) is 32.4 Å². The topological polar surface area (TPSA) is 79.8 Å². The maximum absolute atomic E-state index is 11.9. The molecule has 0 bridgehead atoms. The lowest BCUT2D eigenvalue weighted by molar-refractivity contribution is 0.559. The summed E-state index contributed by atoms with van der Waals surface area (Å²) in [5.74, 6) is 1.15. The predicted octanol–water partition coefficient (Wildman–Crippen LogP) is 3.98. The SMILES string of the molecule is Cc1nc(C)c(C#N)c(SCc2cc(=O)oc3cc(C)c(C)cc23)n1. The third-order valence-electron chi connectivity index (χ3n) is 4.09. The second-order valence-corrected chi connectivity index (χ2v) is 6.92. The highest BCUT2D eigenvalue weighted by Gasteiger charge is 2.13. The molecule has 1 aromatic carbocycles. The molecule has 0 aliphatic heterocycles. The van der Waals surface area contributed by atoms with Crippen molar-refractivity contribution in [1.29, 1.82) is 5.26 Å². The molecule has 6 heteroatoms. The molecular formula is C19H17N3O2S. The molecule has 0 unspecified atom stereocenters. The first kappa shape index (κ1) is 17.2. The summed E-state index contributed by atoms with van der Waals surface area (Å²) < 4.78 is 5.33. The summed E-state index contributed by atoms with van der Waals surface area (Å²) in [6, 6.07) is 7.60. The molecule has 25 heavy (non-hydrogen) atoms. The fourth-order valence-electron chi connectivity index (χ4n) is 2.66. The van der Waals surface area contributed by atoms with Crippen molar-refractivity contribution >= 4 is 22.7 Å². The van der Waals surface area contributed by atoms with Crippen LogP contribution in [0.3, 0.4) is 0 Å². The van der Waals surface area contributed by atoms with Crippen molar-refractivity contribution in [3.8, 4) is 6.07 Å². The fourth-order valence-corrected chi connectivity index (χ4v) is 3.73. The zero-order chi connectivity index (χ0) is 18.1. The van der Waals surface area contributed by atoms with E-state index in [-0.39, 0.29) is 5.63 Å². The van der Waals surface area contributed by atoms with Gasteiger partial charge in [0.1, 0.15) is 28.1 Å². The van der Waals surface area contributed by atoms with Gasteiger partial charge in [-0.25, -0.2) is 14.8 Å². The first-order valence-corrected chi connectivity index (χ1v) is 8.79. The van der Waals surface area contributed by atoms with Crippen LogP contribution in [0.2, 0.25) is 0 Å². The summed E-state index contributed by atoms with van der Waals surface area (Å²) in [5, 5.41) is 10.9. The van der Waals surface area contributed by atoms with Gasteiger partial charge in [-0.05, 0) is 56.5 Å². The highest BCUT2D eigenvalue weighted by atomic mass is 32.2. The van der Waals surface area contributed by atoms with E-state index in [1.54, 1.807) is 13.8 Å². The number of benzene rings is 1. The first-order chi connectivity index (χ1) is 11.9. The zero-order valence-electron chi connectivity index (χ0n) is 14.5. The van der Waals surface area contributed by atoms with Crippen LogP contribution in [0.4, 0.5) is 0 Å². The van der Waals surface area contributed by atoms with Gasteiger partial charge in [-0.3, -0.25) is 0 Å².